The number of methoxy groups -OCH3 is 6. The highest BCUT2D eigenvalue weighted by Crippen LogP contribution is 2.34. The molecule has 3 aromatic carbocycles. The average Bonchev–Trinajstić information content (AvgIpc) is 4.34. The van der Waals surface area contributed by atoms with Crippen LogP contribution >= 0.6 is 0 Å². The molecule has 420 valence electrons. The van der Waals surface area contributed by atoms with Gasteiger partial charge in [0.1, 0.15) is 28.9 Å². The van der Waals surface area contributed by atoms with Crippen molar-refractivity contribution in [2.45, 2.75) is 99.7 Å². The SMILES string of the molecule is CCC(COC)n1nnc2c(N(C)c3ccc(OC)cc3C)nc(C)nc21.CCC(COC)n1nnc2c(Nc3ccc(OC)cc3C)nc(C)cc21.CCC(COC)n1nnc2c(Nc3ccc(OC)cc3C)nc(C)nc21. The van der Waals surface area contributed by atoms with Gasteiger partial charge in [-0.05, 0) is 138 Å². The fourth-order valence-corrected chi connectivity index (χ4v) is 9.06. The molecule has 6 aromatic heterocycles. The van der Waals surface area contributed by atoms with E-state index in [0.717, 1.165) is 98.5 Å². The lowest BCUT2D eigenvalue weighted by Gasteiger charge is -2.21. The van der Waals surface area contributed by atoms with E-state index in [1.54, 1.807) is 42.7 Å². The van der Waals surface area contributed by atoms with E-state index in [1.807, 2.05) is 128 Å². The van der Waals surface area contributed by atoms with Crippen molar-refractivity contribution in [2.75, 3.05) is 85.1 Å². The third-order valence-corrected chi connectivity index (χ3v) is 13.4. The zero-order valence-corrected chi connectivity index (χ0v) is 48.4. The molecule has 0 amide bonds. The van der Waals surface area contributed by atoms with Crippen molar-refractivity contribution in [3.8, 4) is 17.2 Å². The number of hydrogen-bond acceptors (Lipinski definition) is 20. The Morgan fingerprint density at radius 2 is 0.911 bits per heavy atom. The summed E-state index contributed by atoms with van der Waals surface area (Å²) in [7, 11) is 12.0. The largest absolute Gasteiger partial charge is 0.497 e. The number of hydrogen-bond donors (Lipinski definition) is 2. The van der Waals surface area contributed by atoms with Gasteiger partial charge < -0.3 is 44.0 Å². The van der Waals surface area contributed by atoms with E-state index in [4.69, 9.17) is 28.4 Å². The van der Waals surface area contributed by atoms with Crippen LogP contribution in [0.15, 0.2) is 60.7 Å². The summed E-state index contributed by atoms with van der Waals surface area (Å²) in [5, 5.41) is 32.8. The van der Waals surface area contributed by atoms with Crippen LogP contribution in [0.3, 0.4) is 0 Å². The number of anilines is 6. The summed E-state index contributed by atoms with van der Waals surface area (Å²) < 4.78 is 37.4. The topological polar surface area (TPSA) is 239 Å². The number of ether oxygens (including phenoxy) is 6. The maximum atomic E-state index is 5.33. The third kappa shape index (κ3) is 13.4. The highest BCUT2D eigenvalue weighted by molar-refractivity contribution is 5.89. The van der Waals surface area contributed by atoms with Gasteiger partial charge in [0.15, 0.2) is 45.3 Å². The second-order valence-corrected chi connectivity index (χ2v) is 19.0. The number of pyridine rings is 1. The molecule has 0 aliphatic rings. The molecule has 9 aromatic rings. The number of rotatable bonds is 21. The van der Waals surface area contributed by atoms with Gasteiger partial charge in [0.05, 0.1) is 64.8 Å². The van der Waals surface area contributed by atoms with Crippen LogP contribution in [0.25, 0.3) is 33.4 Å². The van der Waals surface area contributed by atoms with Crippen molar-refractivity contribution in [1.29, 1.82) is 0 Å². The summed E-state index contributed by atoms with van der Waals surface area (Å²) in [6.07, 6.45) is 2.65. The molecule has 0 saturated heterocycles. The molecule has 9 rings (SSSR count). The van der Waals surface area contributed by atoms with Crippen LogP contribution in [0.1, 0.15) is 92.2 Å². The van der Waals surface area contributed by atoms with Crippen molar-refractivity contribution < 1.29 is 28.4 Å². The molecule has 0 spiro atoms. The third-order valence-electron chi connectivity index (χ3n) is 13.4. The standard InChI is InChI=1S/C19H26N6O2.C19H25N5O2.C18H24N6O2/c1-7-14(11-26-5)25-19-17(22-23-25)18(20-13(3)21-19)24(4)16-9-8-15(27-6)10-12(16)2;1-6-14(11-25-4)24-17-10-13(3)20-19(18(17)22-23-24)21-16-8-7-15(26-5)9-12(16)2;1-6-13(10-25-4)24-18-16(22-23-24)17(19-12(3)20-18)21-15-8-7-14(26-5)9-11(15)2/h8-10,14H,7,11H2,1-6H3;7-10,14H,6,11H2,1-5H3,(H,20,21);7-9,13H,6,10H2,1-5H3,(H,19,20,21). The fourth-order valence-electron chi connectivity index (χ4n) is 9.06. The zero-order chi connectivity index (χ0) is 56.9. The van der Waals surface area contributed by atoms with Crippen LogP contribution in [-0.2, 0) is 14.2 Å². The van der Waals surface area contributed by atoms with E-state index in [0.29, 0.717) is 59.8 Å². The summed E-state index contributed by atoms with van der Waals surface area (Å²) in [6, 6.07) is 20.0. The first-order valence-corrected chi connectivity index (χ1v) is 26.2. The Morgan fingerprint density at radius 3 is 1.39 bits per heavy atom. The molecule has 0 aliphatic carbocycles. The normalized spacial score (nSPS) is 12.4. The minimum absolute atomic E-state index is 0.0786. The first-order valence-electron chi connectivity index (χ1n) is 26.2. The number of benzene rings is 3. The second kappa shape index (κ2) is 26.9. The molecule has 0 fully saturated rings. The monoisotopic (exact) mass is 1080 g/mol. The highest BCUT2D eigenvalue weighted by Gasteiger charge is 2.24. The van der Waals surface area contributed by atoms with Crippen LogP contribution in [-0.4, -0.2) is 139 Å². The maximum Gasteiger partial charge on any atom is 0.184 e. The maximum absolute atomic E-state index is 5.33. The summed E-state index contributed by atoms with van der Waals surface area (Å²) in [5.41, 5.74) is 11.5. The molecular weight excluding hydrogens is 1010 g/mol. The molecule has 0 radical (unpaired) electrons. The number of nitrogens with one attached hydrogen (secondary N) is 2. The molecule has 3 atom stereocenters. The van der Waals surface area contributed by atoms with Crippen molar-refractivity contribution in [2.24, 2.45) is 0 Å². The predicted molar refractivity (Wildman–Crippen MR) is 307 cm³/mol. The molecule has 0 aliphatic heterocycles. The first-order chi connectivity index (χ1) is 38.1. The summed E-state index contributed by atoms with van der Waals surface area (Å²) in [5.74, 6) is 5.86. The van der Waals surface area contributed by atoms with Gasteiger partial charge in [-0.2, -0.15) is 0 Å². The molecule has 23 heteroatoms. The molecule has 0 saturated carbocycles. The van der Waals surface area contributed by atoms with Crippen LogP contribution < -0.4 is 29.7 Å². The summed E-state index contributed by atoms with van der Waals surface area (Å²) in [6.45, 7) is 19.8. The van der Waals surface area contributed by atoms with Gasteiger partial charge in [-0.1, -0.05) is 36.4 Å². The quantitative estimate of drug-likeness (QED) is 0.0680. The lowest BCUT2D eigenvalue weighted by atomic mass is 10.1. The highest BCUT2D eigenvalue weighted by atomic mass is 16.5. The minimum Gasteiger partial charge on any atom is -0.497 e. The van der Waals surface area contributed by atoms with Gasteiger partial charge in [-0.15, -0.1) is 15.3 Å². The first kappa shape index (κ1) is 58.5. The zero-order valence-electron chi connectivity index (χ0n) is 48.4. The van der Waals surface area contributed by atoms with Crippen molar-refractivity contribution >= 4 is 67.9 Å². The van der Waals surface area contributed by atoms with E-state index in [1.165, 1.54) is 0 Å². The van der Waals surface area contributed by atoms with E-state index in [9.17, 15) is 0 Å². The van der Waals surface area contributed by atoms with Gasteiger partial charge in [-0.3, -0.25) is 0 Å². The predicted octanol–water partition coefficient (Wildman–Crippen LogP) is 10.2. The number of nitrogens with zero attached hydrogens (tertiary/aromatic N) is 15. The van der Waals surface area contributed by atoms with Gasteiger partial charge in [-0.25, -0.2) is 39.0 Å². The Bertz CT molecular complexity index is 3320. The Hall–Kier alpha value is -8.15. The van der Waals surface area contributed by atoms with Crippen LogP contribution in [0.5, 0.6) is 17.2 Å². The summed E-state index contributed by atoms with van der Waals surface area (Å²) >= 11 is 0. The second-order valence-electron chi connectivity index (χ2n) is 19.0. The van der Waals surface area contributed by atoms with Crippen LogP contribution in [0.2, 0.25) is 0 Å². The van der Waals surface area contributed by atoms with E-state index in [2.05, 4.69) is 87.3 Å². The van der Waals surface area contributed by atoms with Gasteiger partial charge in [0.2, 0.25) is 0 Å². The lowest BCUT2D eigenvalue weighted by molar-refractivity contribution is 0.148. The smallest absolute Gasteiger partial charge is 0.184 e. The van der Waals surface area contributed by atoms with Crippen molar-refractivity contribution in [3.63, 3.8) is 0 Å². The van der Waals surface area contributed by atoms with Crippen molar-refractivity contribution in [1.82, 2.24) is 69.9 Å². The lowest BCUT2D eigenvalue weighted by Crippen LogP contribution is -2.17. The summed E-state index contributed by atoms with van der Waals surface area (Å²) in [4.78, 5) is 25.0. The molecule has 2 N–H and O–H groups in total. The minimum atomic E-state index is 0.0786. The van der Waals surface area contributed by atoms with Crippen LogP contribution in [0.4, 0.5) is 34.5 Å². The van der Waals surface area contributed by atoms with E-state index < -0.39 is 0 Å². The number of aryl methyl sites for hydroxylation is 6. The molecule has 0 bridgehead atoms. The average molecular weight is 1080 g/mol. The Morgan fingerprint density at radius 1 is 0.481 bits per heavy atom. The number of fused-ring (bicyclic) bond motifs is 3. The van der Waals surface area contributed by atoms with Gasteiger partial charge in [0, 0.05) is 51.1 Å². The Kier molecular flexibility index (Phi) is 20.0. The number of aromatic nitrogens is 14. The molecule has 23 nitrogen and oxygen atoms in total. The molecule has 3 unspecified atom stereocenters. The molecule has 6 heterocycles. The Labute approximate surface area is 461 Å². The van der Waals surface area contributed by atoms with Crippen LogP contribution in [0, 0.1) is 41.5 Å². The molecule has 79 heavy (non-hydrogen) atoms. The van der Waals surface area contributed by atoms with E-state index >= 15 is 0 Å². The van der Waals surface area contributed by atoms with Gasteiger partial charge >= 0.3 is 0 Å². The van der Waals surface area contributed by atoms with Gasteiger partial charge in [0.25, 0.3) is 0 Å². The van der Waals surface area contributed by atoms with Crippen molar-refractivity contribution in [3.05, 3.63) is 94.7 Å². The fraction of sp³-hybridized carbons (Fsp3) is 0.446. The Balaban J connectivity index is 0.000000172. The molecular formula is C56H75N17O6. The van der Waals surface area contributed by atoms with E-state index in [-0.39, 0.29) is 18.1 Å².